The first-order valence-corrected chi connectivity index (χ1v) is 4.78. The Morgan fingerprint density at radius 3 is 3.00 bits per heavy atom. The maximum atomic E-state index is 9.02. The zero-order valence-corrected chi connectivity index (χ0v) is 8.45. The predicted molar refractivity (Wildman–Crippen MR) is 50.3 cm³/mol. The molecule has 0 aromatic carbocycles. The molecule has 0 aliphatic carbocycles. The molecule has 74 valence electrons. The molecule has 1 aromatic rings. The van der Waals surface area contributed by atoms with E-state index in [4.69, 9.17) is 10.00 Å². The minimum absolute atomic E-state index is 0.503. The van der Waals surface area contributed by atoms with Crippen LogP contribution in [0.25, 0.3) is 0 Å². The SMILES string of the molecule is CC(C)Cn1nc2c(c1C#N)COC2. The molecule has 1 aliphatic heterocycles. The highest BCUT2D eigenvalue weighted by atomic mass is 16.5. The van der Waals surface area contributed by atoms with Gasteiger partial charge in [0, 0.05) is 12.1 Å². The summed E-state index contributed by atoms with van der Waals surface area (Å²) in [6.07, 6.45) is 0. The summed E-state index contributed by atoms with van der Waals surface area (Å²) in [7, 11) is 0. The predicted octanol–water partition coefficient (Wildman–Crippen LogP) is 1.44. The molecular weight excluding hydrogens is 178 g/mol. The molecule has 0 unspecified atom stereocenters. The fourth-order valence-electron chi connectivity index (χ4n) is 1.67. The van der Waals surface area contributed by atoms with E-state index in [9.17, 15) is 0 Å². The van der Waals surface area contributed by atoms with Crippen LogP contribution in [0.4, 0.5) is 0 Å². The lowest BCUT2D eigenvalue weighted by atomic mass is 10.2. The number of nitriles is 1. The van der Waals surface area contributed by atoms with E-state index in [1.165, 1.54) is 0 Å². The van der Waals surface area contributed by atoms with Crippen LogP contribution in [0.15, 0.2) is 0 Å². The molecule has 0 spiro atoms. The van der Waals surface area contributed by atoms with Gasteiger partial charge in [-0.25, -0.2) is 0 Å². The third-order valence-electron chi connectivity index (χ3n) is 2.26. The summed E-state index contributed by atoms with van der Waals surface area (Å²) in [5.41, 5.74) is 2.58. The van der Waals surface area contributed by atoms with E-state index in [-0.39, 0.29) is 0 Å². The van der Waals surface area contributed by atoms with Gasteiger partial charge in [-0.3, -0.25) is 4.68 Å². The van der Waals surface area contributed by atoms with Gasteiger partial charge >= 0.3 is 0 Å². The highest BCUT2D eigenvalue weighted by Gasteiger charge is 2.22. The highest BCUT2D eigenvalue weighted by Crippen LogP contribution is 2.22. The smallest absolute Gasteiger partial charge is 0.144 e. The zero-order valence-electron chi connectivity index (χ0n) is 8.45. The molecule has 0 atom stereocenters. The number of fused-ring (bicyclic) bond motifs is 1. The second-order valence-corrected chi connectivity index (χ2v) is 3.95. The van der Waals surface area contributed by atoms with Crippen LogP contribution in [-0.4, -0.2) is 9.78 Å². The van der Waals surface area contributed by atoms with E-state index in [0.717, 1.165) is 17.8 Å². The second-order valence-electron chi connectivity index (χ2n) is 3.95. The molecule has 0 amide bonds. The summed E-state index contributed by atoms with van der Waals surface area (Å²) >= 11 is 0. The van der Waals surface area contributed by atoms with Crippen molar-refractivity contribution in [3.63, 3.8) is 0 Å². The maximum absolute atomic E-state index is 9.02. The lowest BCUT2D eigenvalue weighted by Crippen LogP contribution is -2.09. The van der Waals surface area contributed by atoms with E-state index in [0.29, 0.717) is 24.8 Å². The normalized spacial score (nSPS) is 14.4. The molecule has 4 heteroatoms. The van der Waals surface area contributed by atoms with Crippen LogP contribution in [0.1, 0.15) is 30.8 Å². The van der Waals surface area contributed by atoms with E-state index in [1.54, 1.807) is 4.68 Å². The van der Waals surface area contributed by atoms with Crippen LogP contribution in [0.3, 0.4) is 0 Å². The fraction of sp³-hybridized carbons (Fsp3) is 0.600. The van der Waals surface area contributed by atoms with Crippen molar-refractivity contribution in [1.29, 1.82) is 5.26 Å². The van der Waals surface area contributed by atoms with Crippen molar-refractivity contribution in [3.05, 3.63) is 17.0 Å². The van der Waals surface area contributed by atoms with Gasteiger partial charge in [0.25, 0.3) is 0 Å². The Balaban J connectivity index is 2.38. The van der Waals surface area contributed by atoms with Crippen molar-refractivity contribution in [3.8, 4) is 6.07 Å². The Morgan fingerprint density at radius 1 is 1.57 bits per heavy atom. The molecular formula is C10H13N3O. The minimum atomic E-state index is 0.503. The lowest BCUT2D eigenvalue weighted by Gasteiger charge is -2.06. The summed E-state index contributed by atoms with van der Waals surface area (Å²) in [6, 6.07) is 2.20. The average Bonchev–Trinajstić information content (AvgIpc) is 2.62. The number of hydrogen-bond donors (Lipinski definition) is 0. The molecule has 2 heterocycles. The van der Waals surface area contributed by atoms with Gasteiger partial charge in [0.05, 0.1) is 18.9 Å². The summed E-state index contributed by atoms with van der Waals surface area (Å²) < 4.78 is 7.03. The lowest BCUT2D eigenvalue weighted by molar-refractivity contribution is 0.130. The second kappa shape index (κ2) is 3.43. The third-order valence-corrected chi connectivity index (χ3v) is 2.26. The Kier molecular flexibility index (Phi) is 2.26. The molecule has 0 saturated heterocycles. The number of aromatic nitrogens is 2. The zero-order chi connectivity index (χ0) is 10.1. The van der Waals surface area contributed by atoms with Crippen molar-refractivity contribution in [2.45, 2.75) is 33.6 Å². The van der Waals surface area contributed by atoms with Gasteiger partial charge in [-0.1, -0.05) is 13.8 Å². The molecule has 0 radical (unpaired) electrons. The highest BCUT2D eigenvalue weighted by molar-refractivity contribution is 5.36. The van der Waals surface area contributed by atoms with Crippen LogP contribution in [0.2, 0.25) is 0 Å². The summed E-state index contributed by atoms with van der Waals surface area (Å²) in [5.74, 6) is 0.503. The first-order valence-electron chi connectivity index (χ1n) is 4.78. The van der Waals surface area contributed by atoms with Gasteiger partial charge in [0.1, 0.15) is 11.8 Å². The summed E-state index contributed by atoms with van der Waals surface area (Å²) in [4.78, 5) is 0. The number of hydrogen-bond acceptors (Lipinski definition) is 3. The van der Waals surface area contributed by atoms with Crippen LogP contribution in [0.5, 0.6) is 0 Å². The van der Waals surface area contributed by atoms with Crippen LogP contribution < -0.4 is 0 Å². The van der Waals surface area contributed by atoms with Crippen LogP contribution in [0, 0.1) is 17.2 Å². The van der Waals surface area contributed by atoms with Gasteiger partial charge in [0.2, 0.25) is 0 Å². The van der Waals surface area contributed by atoms with Gasteiger partial charge < -0.3 is 4.74 Å². The Bertz CT molecular complexity index is 387. The van der Waals surface area contributed by atoms with Crippen molar-refractivity contribution in [2.75, 3.05) is 0 Å². The number of ether oxygens (including phenoxy) is 1. The Hall–Kier alpha value is -1.34. The first-order chi connectivity index (χ1) is 6.72. The molecule has 0 saturated carbocycles. The standard InChI is InChI=1S/C10H13N3O/c1-7(2)4-13-10(3-11)8-5-14-6-9(8)12-13/h7H,4-6H2,1-2H3. The number of rotatable bonds is 2. The van der Waals surface area contributed by atoms with Gasteiger partial charge in [0.15, 0.2) is 0 Å². The monoisotopic (exact) mass is 191 g/mol. The molecule has 1 aromatic heterocycles. The molecule has 0 bridgehead atoms. The van der Waals surface area contributed by atoms with Gasteiger partial charge in [-0.2, -0.15) is 10.4 Å². The van der Waals surface area contributed by atoms with Crippen molar-refractivity contribution >= 4 is 0 Å². The van der Waals surface area contributed by atoms with E-state index >= 15 is 0 Å². The summed E-state index contributed by atoms with van der Waals surface area (Å²) in [5, 5.41) is 13.4. The van der Waals surface area contributed by atoms with E-state index in [1.807, 2.05) is 0 Å². The van der Waals surface area contributed by atoms with E-state index in [2.05, 4.69) is 25.0 Å². The Labute approximate surface area is 83.1 Å². The number of nitrogens with zero attached hydrogens (tertiary/aromatic N) is 3. The molecule has 4 nitrogen and oxygen atoms in total. The van der Waals surface area contributed by atoms with Gasteiger partial charge in [-0.15, -0.1) is 0 Å². The van der Waals surface area contributed by atoms with Crippen molar-refractivity contribution < 1.29 is 4.74 Å². The van der Waals surface area contributed by atoms with Crippen molar-refractivity contribution in [1.82, 2.24) is 9.78 Å². The molecule has 0 fully saturated rings. The van der Waals surface area contributed by atoms with Crippen LogP contribution >= 0.6 is 0 Å². The van der Waals surface area contributed by atoms with E-state index < -0.39 is 0 Å². The topological polar surface area (TPSA) is 50.8 Å². The molecule has 0 N–H and O–H groups in total. The first kappa shape index (κ1) is 9.22. The van der Waals surface area contributed by atoms with Crippen molar-refractivity contribution in [2.24, 2.45) is 5.92 Å². The fourth-order valence-corrected chi connectivity index (χ4v) is 1.67. The van der Waals surface area contributed by atoms with Crippen LogP contribution in [-0.2, 0) is 24.5 Å². The third kappa shape index (κ3) is 1.40. The summed E-state index contributed by atoms with van der Waals surface area (Å²) in [6.45, 7) is 6.12. The molecule has 2 rings (SSSR count). The molecule has 14 heavy (non-hydrogen) atoms. The quantitative estimate of drug-likeness (QED) is 0.710. The largest absolute Gasteiger partial charge is 0.370 e. The minimum Gasteiger partial charge on any atom is -0.370 e. The Morgan fingerprint density at radius 2 is 2.36 bits per heavy atom. The average molecular weight is 191 g/mol. The maximum Gasteiger partial charge on any atom is 0.144 e. The molecule has 1 aliphatic rings. The van der Waals surface area contributed by atoms with Gasteiger partial charge in [-0.05, 0) is 5.92 Å².